The van der Waals surface area contributed by atoms with E-state index in [2.05, 4.69) is 68.4 Å². The number of hydrogen-bond donors (Lipinski definition) is 0. The molecule has 9 heteroatoms. The zero-order chi connectivity index (χ0) is 27.0. The van der Waals surface area contributed by atoms with Crippen LogP contribution in [-0.4, -0.2) is 56.3 Å². The first-order valence-corrected chi connectivity index (χ1v) is 12.9. The zero-order valence-electron chi connectivity index (χ0n) is 22.5. The highest BCUT2D eigenvalue weighted by molar-refractivity contribution is 5.64. The fourth-order valence-electron chi connectivity index (χ4n) is 4.68. The van der Waals surface area contributed by atoms with E-state index in [1.54, 1.807) is 14.2 Å². The lowest BCUT2D eigenvalue weighted by atomic mass is 9.98. The molecular weight excluding hydrogens is 498 g/mol. The SMILES string of the molecule is COc1cc2c(cc1OC)CN(Cc1ccc(-c3ccc(OCCCOc4nonc4OC)cc3)cc1)CC2. The Morgan fingerprint density at radius 3 is 2.08 bits per heavy atom. The molecule has 0 saturated heterocycles. The summed E-state index contributed by atoms with van der Waals surface area (Å²) >= 11 is 0. The molecule has 0 saturated carbocycles. The lowest BCUT2D eigenvalue weighted by Crippen LogP contribution is -2.30. The van der Waals surface area contributed by atoms with E-state index in [-0.39, 0.29) is 11.8 Å². The Kier molecular flexibility index (Phi) is 8.48. The summed E-state index contributed by atoms with van der Waals surface area (Å²) in [6.45, 7) is 3.76. The van der Waals surface area contributed by atoms with Crippen LogP contribution in [-0.2, 0) is 19.5 Å². The van der Waals surface area contributed by atoms with E-state index in [4.69, 9.17) is 23.7 Å². The van der Waals surface area contributed by atoms with Crippen LogP contribution in [0.3, 0.4) is 0 Å². The van der Waals surface area contributed by atoms with Gasteiger partial charge in [0, 0.05) is 26.1 Å². The zero-order valence-corrected chi connectivity index (χ0v) is 22.5. The molecule has 4 aromatic rings. The Hall–Kier alpha value is -4.24. The number of hydrogen-bond acceptors (Lipinski definition) is 9. The first-order chi connectivity index (χ1) is 19.2. The maximum atomic E-state index is 5.84. The lowest BCUT2D eigenvalue weighted by Gasteiger charge is -2.29. The minimum absolute atomic E-state index is 0.235. The van der Waals surface area contributed by atoms with Crippen LogP contribution in [0.4, 0.5) is 0 Å². The van der Waals surface area contributed by atoms with Crippen LogP contribution in [0.15, 0.2) is 65.3 Å². The smallest absolute Gasteiger partial charge is 0.320 e. The van der Waals surface area contributed by atoms with Crippen LogP contribution < -0.4 is 23.7 Å². The molecule has 0 fully saturated rings. The van der Waals surface area contributed by atoms with Gasteiger partial charge in [0.2, 0.25) is 0 Å². The van der Waals surface area contributed by atoms with Crippen molar-refractivity contribution in [1.29, 1.82) is 0 Å². The van der Waals surface area contributed by atoms with Crippen molar-refractivity contribution in [3.63, 3.8) is 0 Å². The van der Waals surface area contributed by atoms with Crippen molar-refractivity contribution in [3.05, 3.63) is 77.4 Å². The topological polar surface area (TPSA) is 88.3 Å². The van der Waals surface area contributed by atoms with Crippen LogP contribution in [0, 0.1) is 0 Å². The number of aromatic nitrogens is 2. The van der Waals surface area contributed by atoms with Crippen LogP contribution >= 0.6 is 0 Å². The van der Waals surface area contributed by atoms with Crippen molar-refractivity contribution < 1.29 is 28.3 Å². The molecule has 204 valence electrons. The standard InChI is InChI=1S/C30H33N3O6/c1-34-27-17-24-13-14-33(20-25(24)18-28(27)35-2)19-21-5-7-22(8-6-21)23-9-11-26(12-10-23)37-15-4-16-38-30-29(36-3)31-39-32-30/h5-12,17-18H,4,13-16,19-20H2,1-3H3. The molecule has 0 amide bonds. The van der Waals surface area contributed by atoms with Gasteiger partial charge in [0.1, 0.15) is 5.75 Å². The van der Waals surface area contributed by atoms with Gasteiger partial charge in [-0.05, 0) is 68.8 Å². The highest BCUT2D eigenvalue weighted by atomic mass is 16.6. The first-order valence-electron chi connectivity index (χ1n) is 12.9. The Labute approximate surface area is 228 Å². The molecule has 5 rings (SSSR count). The molecule has 1 aliphatic heterocycles. The van der Waals surface area contributed by atoms with Gasteiger partial charge in [-0.25, -0.2) is 4.63 Å². The van der Waals surface area contributed by atoms with E-state index in [1.165, 1.54) is 29.4 Å². The van der Waals surface area contributed by atoms with Crippen molar-refractivity contribution in [2.45, 2.75) is 25.9 Å². The second kappa shape index (κ2) is 12.5. The Morgan fingerprint density at radius 2 is 1.38 bits per heavy atom. The van der Waals surface area contributed by atoms with Gasteiger partial charge in [-0.3, -0.25) is 4.90 Å². The third-order valence-electron chi connectivity index (χ3n) is 6.76. The maximum absolute atomic E-state index is 5.84. The predicted molar refractivity (Wildman–Crippen MR) is 146 cm³/mol. The van der Waals surface area contributed by atoms with Gasteiger partial charge in [-0.1, -0.05) is 36.4 Å². The van der Waals surface area contributed by atoms with Gasteiger partial charge >= 0.3 is 11.8 Å². The number of fused-ring (bicyclic) bond motifs is 1. The number of methoxy groups -OCH3 is 3. The molecule has 1 aliphatic rings. The summed E-state index contributed by atoms with van der Waals surface area (Å²) in [6.07, 6.45) is 1.69. The van der Waals surface area contributed by atoms with E-state index in [0.717, 1.165) is 48.9 Å². The molecule has 0 N–H and O–H groups in total. The molecule has 39 heavy (non-hydrogen) atoms. The first kappa shape index (κ1) is 26.4. The van der Waals surface area contributed by atoms with Crippen molar-refractivity contribution in [2.24, 2.45) is 0 Å². The fraction of sp³-hybridized carbons (Fsp3) is 0.333. The number of ether oxygens (including phenoxy) is 5. The van der Waals surface area contributed by atoms with E-state index < -0.39 is 0 Å². The van der Waals surface area contributed by atoms with Gasteiger partial charge in [-0.2, -0.15) is 0 Å². The highest BCUT2D eigenvalue weighted by Gasteiger charge is 2.19. The largest absolute Gasteiger partial charge is 0.493 e. The molecule has 0 atom stereocenters. The van der Waals surface area contributed by atoms with Gasteiger partial charge < -0.3 is 23.7 Å². The summed E-state index contributed by atoms with van der Waals surface area (Å²) in [5.41, 5.74) is 6.26. The summed E-state index contributed by atoms with van der Waals surface area (Å²) in [5.74, 6) is 2.88. The molecule has 3 aromatic carbocycles. The minimum Gasteiger partial charge on any atom is -0.493 e. The predicted octanol–water partition coefficient (Wildman–Crippen LogP) is 5.17. The molecule has 0 radical (unpaired) electrons. The van der Waals surface area contributed by atoms with Crippen molar-refractivity contribution in [1.82, 2.24) is 15.2 Å². The summed E-state index contributed by atoms with van der Waals surface area (Å²) < 4.78 is 31.9. The summed E-state index contributed by atoms with van der Waals surface area (Å²) in [5, 5.41) is 7.24. The maximum Gasteiger partial charge on any atom is 0.320 e. The van der Waals surface area contributed by atoms with Gasteiger partial charge in [0.25, 0.3) is 0 Å². The second-order valence-electron chi connectivity index (χ2n) is 9.29. The quantitative estimate of drug-likeness (QED) is 0.230. The minimum atomic E-state index is 0.235. The third-order valence-corrected chi connectivity index (χ3v) is 6.76. The molecule has 9 nitrogen and oxygen atoms in total. The van der Waals surface area contributed by atoms with Crippen molar-refractivity contribution >= 4 is 0 Å². The normalized spacial score (nSPS) is 13.0. The summed E-state index contributed by atoms with van der Waals surface area (Å²) in [7, 11) is 4.85. The molecule has 0 spiro atoms. The van der Waals surface area contributed by atoms with E-state index in [9.17, 15) is 0 Å². The summed E-state index contributed by atoms with van der Waals surface area (Å²) in [4.78, 5) is 2.47. The number of nitrogens with zero attached hydrogens (tertiary/aromatic N) is 3. The Bertz CT molecular complexity index is 1350. The molecule has 0 bridgehead atoms. The van der Waals surface area contributed by atoms with Gasteiger partial charge in [0.05, 0.1) is 34.5 Å². The number of rotatable bonds is 12. The summed E-state index contributed by atoms with van der Waals surface area (Å²) in [6, 6.07) is 21.1. The van der Waals surface area contributed by atoms with Crippen LogP contribution in [0.5, 0.6) is 29.0 Å². The second-order valence-corrected chi connectivity index (χ2v) is 9.29. The third kappa shape index (κ3) is 6.43. The monoisotopic (exact) mass is 531 g/mol. The van der Waals surface area contributed by atoms with Crippen molar-refractivity contribution in [3.8, 4) is 40.1 Å². The molecule has 0 unspecified atom stereocenters. The number of benzene rings is 3. The molecule has 1 aromatic heterocycles. The Morgan fingerprint density at radius 1 is 0.744 bits per heavy atom. The van der Waals surface area contributed by atoms with Crippen molar-refractivity contribution in [2.75, 3.05) is 41.1 Å². The van der Waals surface area contributed by atoms with Gasteiger partial charge in [-0.15, -0.1) is 0 Å². The Balaban J connectivity index is 1.10. The van der Waals surface area contributed by atoms with E-state index >= 15 is 0 Å². The van der Waals surface area contributed by atoms with Crippen LogP contribution in [0.2, 0.25) is 0 Å². The van der Waals surface area contributed by atoms with Crippen LogP contribution in [0.1, 0.15) is 23.1 Å². The fourth-order valence-corrected chi connectivity index (χ4v) is 4.68. The van der Waals surface area contributed by atoms with E-state index in [1.807, 2.05) is 12.1 Å². The lowest BCUT2D eigenvalue weighted by molar-refractivity contribution is 0.224. The average molecular weight is 532 g/mol. The van der Waals surface area contributed by atoms with Gasteiger partial charge in [0.15, 0.2) is 11.5 Å². The van der Waals surface area contributed by atoms with Crippen LogP contribution in [0.25, 0.3) is 11.1 Å². The molecular formula is C30H33N3O6. The van der Waals surface area contributed by atoms with E-state index in [0.29, 0.717) is 19.6 Å². The molecule has 2 heterocycles. The average Bonchev–Trinajstić information content (AvgIpc) is 3.44. The highest BCUT2D eigenvalue weighted by Crippen LogP contribution is 2.33. The molecule has 0 aliphatic carbocycles.